The lowest BCUT2D eigenvalue weighted by molar-refractivity contribution is -0.148. The maximum absolute atomic E-state index is 12.6. The number of primary amides is 1. The van der Waals surface area contributed by atoms with Crippen molar-refractivity contribution in [3.8, 4) is 0 Å². The fraction of sp³-hybridized carbons (Fsp3) is 0.684. The van der Waals surface area contributed by atoms with Crippen LogP contribution in [0.15, 0.2) is 5.38 Å². The molecule has 0 aliphatic heterocycles. The van der Waals surface area contributed by atoms with Crippen LogP contribution in [0.5, 0.6) is 0 Å². The number of carbonyl (C=O) groups is 3. The number of ether oxygens (including phenoxy) is 1. The Labute approximate surface area is 165 Å². The Morgan fingerprint density at radius 2 is 1.93 bits per heavy atom. The second kappa shape index (κ2) is 10.4. The zero-order valence-electron chi connectivity index (χ0n) is 17.0. The van der Waals surface area contributed by atoms with Gasteiger partial charge in [-0.2, -0.15) is 0 Å². The first-order valence-corrected chi connectivity index (χ1v) is 10.1. The van der Waals surface area contributed by atoms with Gasteiger partial charge in [0.15, 0.2) is 6.10 Å². The van der Waals surface area contributed by atoms with Crippen LogP contribution in [0, 0.1) is 11.8 Å². The Morgan fingerprint density at radius 3 is 2.37 bits per heavy atom. The van der Waals surface area contributed by atoms with Gasteiger partial charge >= 0.3 is 5.97 Å². The Kier molecular flexibility index (Phi) is 8.88. The summed E-state index contributed by atoms with van der Waals surface area (Å²) < 4.78 is 5.46. The van der Waals surface area contributed by atoms with Crippen molar-refractivity contribution in [2.45, 2.75) is 66.0 Å². The summed E-state index contributed by atoms with van der Waals surface area (Å²) in [6, 6.07) is -0.133. The molecule has 2 unspecified atom stereocenters. The monoisotopic (exact) mass is 397 g/mol. The van der Waals surface area contributed by atoms with Crippen LogP contribution in [0.1, 0.15) is 75.5 Å². The van der Waals surface area contributed by atoms with E-state index in [1.807, 2.05) is 13.8 Å². The molecule has 0 radical (unpaired) electrons. The van der Waals surface area contributed by atoms with Crippen LogP contribution < -0.4 is 5.73 Å². The molecule has 0 saturated carbocycles. The quantitative estimate of drug-likeness (QED) is 0.611. The van der Waals surface area contributed by atoms with E-state index in [1.165, 1.54) is 18.3 Å². The molecule has 2 N–H and O–H groups in total. The van der Waals surface area contributed by atoms with E-state index >= 15 is 0 Å². The number of thiazole rings is 1. The minimum atomic E-state index is -0.633. The number of amides is 2. The number of carbonyl (C=O) groups excluding carboxylic acids is 3. The number of nitrogens with two attached hydrogens (primary N) is 1. The third-order valence-electron chi connectivity index (χ3n) is 4.69. The number of hydrogen-bond donors (Lipinski definition) is 1. The van der Waals surface area contributed by atoms with Gasteiger partial charge < -0.3 is 15.4 Å². The molecule has 1 heterocycles. The molecule has 0 saturated heterocycles. The number of rotatable bonds is 10. The normalized spacial score (nSPS) is 14.5. The van der Waals surface area contributed by atoms with Crippen molar-refractivity contribution >= 4 is 29.1 Å². The summed E-state index contributed by atoms with van der Waals surface area (Å²) in [6.45, 7) is 9.50. The highest BCUT2D eigenvalue weighted by molar-refractivity contribution is 7.09. The van der Waals surface area contributed by atoms with Gasteiger partial charge in [-0.1, -0.05) is 34.1 Å². The lowest BCUT2D eigenvalue weighted by Crippen LogP contribution is -2.42. The summed E-state index contributed by atoms with van der Waals surface area (Å²) in [5.74, 6) is -0.521. The zero-order valence-corrected chi connectivity index (χ0v) is 17.8. The lowest BCUT2D eigenvalue weighted by atomic mass is 9.95. The Balaban J connectivity index is 3.03. The van der Waals surface area contributed by atoms with E-state index in [4.69, 9.17) is 10.5 Å². The van der Waals surface area contributed by atoms with Crippen LogP contribution in [0.25, 0.3) is 0 Å². The van der Waals surface area contributed by atoms with E-state index in [-0.39, 0.29) is 23.6 Å². The molecule has 0 bridgehead atoms. The minimum absolute atomic E-state index is 0.0709. The van der Waals surface area contributed by atoms with Gasteiger partial charge in [-0.3, -0.25) is 14.4 Å². The second-order valence-corrected chi connectivity index (χ2v) is 8.19. The summed E-state index contributed by atoms with van der Waals surface area (Å²) in [5.41, 5.74) is 5.42. The van der Waals surface area contributed by atoms with Crippen molar-refractivity contribution in [3.05, 3.63) is 16.1 Å². The zero-order chi connectivity index (χ0) is 20.7. The Hall–Kier alpha value is -1.96. The van der Waals surface area contributed by atoms with Gasteiger partial charge in [0.2, 0.25) is 5.91 Å². The first-order chi connectivity index (χ1) is 12.6. The molecule has 0 fully saturated rings. The van der Waals surface area contributed by atoms with Gasteiger partial charge in [-0.05, 0) is 11.8 Å². The number of hydrogen-bond acceptors (Lipinski definition) is 6. The molecular weight excluding hydrogens is 366 g/mol. The highest BCUT2D eigenvalue weighted by Crippen LogP contribution is 2.30. The predicted octanol–water partition coefficient (Wildman–Crippen LogP) is 3.16. The average Bonchev–Trinajstić information content (AvgIpc) is 3.07. The molecule has 3 atom stereocenters. The molecule has 2 amide bonds. The third kappa shape index (κ3) is 6.93. The van der Waals surface area contributed by atoms with Crippen LogP contribution in [-0.2, 0) is 14.3 Å². The Bertz CT molecular complexity index is 659. The fourth-order valence-corrected chi connectivity index (χ4v) is 3.66. The first-order valence-electron chi connectivity index (χ1n) is 9.24. The number of aromatic nitrogens is 1. The van der Waals surface area contributed by atoms with Crippen LogP contribution in [-0.4, -0.2) is 40.8 Å². The molecule has 152 valence electrons. The number of nitrogens with zero attached hydrogens (tertiary/aromatic N) is 2. The van der Waals surface area contributed by atoms with Gasteiger partial charge in [-0.25, -0.2) is 4.98 Å². The predicted molar refractivity (Wildman–Crippen MR) is 105 cm³/mol. The SMILES string of the molecule is CC[C@H](C)CC(=O)N(C)C(CC(OC(C)=O)c1nc(C(N)=O)cs1)C(C)C. The summed E-state index contributed by atoms with van der Waals surface area (Å²) in [5, 5.41) is 2.06. The molecule has 27 heavy (non-hydrogen) atoms. The fourth-order valence-electron chi connectivity index (χ4n) is 2.82. The van der Waals surface area contributed by atoms with Crippen LogP contribution in [0.4, 0.5) is 0 Å². The molecule has 8 heteroatoms. The standard InChI is InChI=1S/C19H31N3O4S/c1-7-12(4)8-17(24)22(6)15(11(2)3)9-16(26-13(5)23)19-21-14(10-27-19)18(20)25/h10-12,15-16H,7-9H2,1-6H3,(H2,20,25)/t12-,15?,16?/m0/s1. The average molecular weight is 398 g/mol. The topological polar surface area (TPSA) is 103 Å². The van der Waals surface area contributed by atoms with Gasteiger partial charge in [0.1, 0.15) is 10.7 Å². The minimum Gasteiger partial charge on any atom is -0.455 e. The number of esters is 1. The van der Waals surface area contributed by atoms with Crippen molar-refractivity contribution in [2.24, 2.45) is 17.6 Å². The summed E-state index contributed by atoms with van der Waals surface area (Å²) in [4.78, 5) is 41.5. The molecule has 1 aromatic rings. The maximum atomic E-state index is 12.6. The van der Waals surface area contributed by atoms with Crippen molar-refractivity contribution in [1.82, 2.24) is 9.88 Å². The summed E-state index contributed by atoms with van der Waals surface area (Å²) in [7, 11) is 1.79. The molecule has 0 aromatic carbocycles. The first kappa shape index (κ1) is 23.1. The molecule has 0 spiro atoms. The second-order valence-electron chi connectivity index (χ2n) is 7.30. The molecule has 7 nitrogen and oxygen atoms in total. The molecular formula is C19H31N3O4S. The van der Waals surface area contributed by atoms with Crippen LogP contribution in [0.2, 0.25) is 0 Å². The largest absolute Gasteiger partial charge is 0.455 e. The van der Waals surface area contributed by atoms with Crippen LogP contribution in [0.3, 0.4) is 0 Å². The maximum Gasteiger partial charge on any atom is 0.303 e. The van der Waals surface area contributed by atoms with E-state index in [0.29, 0.717) is 23.8 Å². The Morgan fingerprint density at radius 1 is 1.30 bits per heavy atom. The van der Waals surface area contributed by atoms with Gasteiger partial charge in [0.05, 0.1) is 0 Å². The lowest BCUT2D eigenvalue weighted by Gasteiger charge is -2.34. The molecule has 0 aliphatic rings. The van der Waals surface area contributed by atoms with Crippen molar-refractivity contribution in [2.75, 3.05) is 7.05 Å². The third-order valence-corrected chi connectivity index (χ3v) is 5.63. The highest BCUT2D eigenvalue weighted by Gasteiger charge is 2.30. The van der Waals surface area contributed by atoms with E-state index in [2.05, 4.69) is 18.8 Å². The van der Waals surface area contributed by atoms with E-state index in [0.717, 1.165) is 6.42 Å². The van der Waals surface area contributed by atoms with E-state index in [9.17, 15) is 14.4 Å². The van der Waals surface area contributed by atoms with Crippen molar-refractivity contribution < 1.29 is 19.1 Å². The molecule has 0 aliphatic carbocycles. The highest BCUT2D eigenvalue weighted by atomic mass is 32.1. The van der Waals surface area contributed by atoms with E-state index < -0.39 is 18.0 Å². The smallest absolute Gasteiger partial charge is 0.303 e. The van der Waals surface area contributed by atoms with Crippen molar-refractivity contribution in [1.29, 1.82) is 0 Å². The van der Waals surface area contributed by atoms with Crippen molar-refractivity contribution in [3.63, 3.8) is 0 Å². The van der Waals surface area contributed by atoms with E-state index in [1.54, 1.807) is 17.3 Å². The molecule has 1 rings (SSSR count). The van der Waals surface area contributed by atoms with Gasteiger partial charge in [0, 0.05) is 38.2 Å². The summed E-state index contributed by atoms with van der Waals surface area (Å²) in [6.07, 6.45) is 1.20. The van der Waals surface area contributed by atoms with Gasteiger partial charge in [0.25, 0.3) is 5.91 Å². The summed E-state index contributed by atoms with van der Waals surface area (Å²) >= 11 is 1.22. The van der Waals surface area contributed by atoms with Gasteiger partial charge in [-0.15, -0.1) is 11.3 Å². The molecule has 1 aromatic heterocycles. The van der Waals surface area contributed by atoms with Crippen LogP contribution >= 0.6 is 11.3 Å².